The van der Waals surface area contributed by atoms with E-state index in [0.717, 1.165) is 61.5 Å². The third-order valence-electron chi connectivity index (χ3n) is 6.97. The minimum atomic E-state index is 0.297. The Labute approximate surface area is 214 Å². The number of nitrogens with zero attached hydrogens (tertiary/aromatic N) is 3. The fourth-order valence-corrected chi connectivity index (χ4v) is 4.97. The van der Waals surface area contributed by atoms with Gasteiger partial charge in [0.25, 0.3) is 0 Å². The molecule has 4 aromatic rings. The molecule has 0 spiro atoms. The molecule has 3 aromatic carbocycles. The number of fused-ring (bicyclic) bond motifs is 1. The maximum absolute atomic E-state index is 12.4. The van der Waals surface area contributed by atoms with Crippen LogP contribution in [-0.2, 0) is 37.0 Å². The molecule has 1 aliphatic heterocycles. The molecule has 0 atom stereocenters. The summed E-state index contributed by atoms with van der Waals surface area (Å²) in [5.74, 6) is 1.14. The largest absolute Gasteiger partial charge is 0.299 e. The highest BCUT2D eigenvalue weighted by atomic mass is 16.1. The SMILES string of the molecule is Cc1nc2c(c(-c3ccccc3)n1)CN(CCc1ccc(CC(=O)CCc3ccccc3)cc1)CC2. The summed E-state index contributed by atoms with van der Waals surface area (Å²) in [6.07, 6.45) is 3.87. The average Bonchev–Trinajstić information content (AvgIpc) is 2.92. The van der Waals surface area contributed by atoms with Crippen LogP contribution in [0, 0.1) is 6.92 Å². The van der Waals surface area contributed by atoms with Crippen molar-refractivity contribution in [2.75, 3.05) is 13.1 Å². The summed E-state index contributed by atoms with van der Waals surface area (Å²) in [6.45, 7) is 4.88. The zero-order valence-electron chi connectivity index (χ0n) is 21.0. The van der Waals surface area contributed by atoms with Gasteiger partial charge < -0.3 is 0 Å². The van der Waals surface area contributed by atoms with Crippen LogP contribution in [-0.4, -0.2) is 33.7 Å². The Bertz CT molecular complexity index is 1300. The van der Waals surface area contributed by atoms with Crippen molar-refractivity contribution in [3.8, 4) is 11.3 Å². The molecule has 0 radical (unpaired) electrons. The summed E-state index contributed by atoms with van der Waals surface area (Å²) < 4.78 is 0. The fraction of sp³-hybridized carbons (Fsp3) is 0.281. The Balaban J connectivity index is 1.16. The molecular weight excluding hydrogens is 442 g/mol. The Morgan fingerprint density at radius 2 is 1.47 bits per heavy atom. The van der Waals surface area contributed by atoms with Crippen LogP contribution in [0.5, 0.6) is 0 Å². The van der Waals surface area contributed by atoms with Crippen LogP contribution in [0.3, 0.4) is 0 Å². The summed E-state index contributed by atoms with van der Waals surface area (Å²) in [5, 5.41) is 0. The molecule has 4 heteroatoms. The van der Waals surface area contributed by atoms with E-state index in [-0.39, 0.29) is 0 Å². The standard InChI is InChI=1S/C32H33N3O/c1-24-33-31-19-21-35(23-30(31)32(34-24)28-10-6-3-7-11-28)20-18-26-12-14-27(15-13-26)22-29(36)17-16-25-8-4-2-5-9-25/h2-15H,16-23H2,1H3. The van der Waals surface area contributed by atoms with Crippen molar-refractivity contribution >= 4 is 5.78 Å². The third kappa shape index (κ3) is 6.13. The molecule has 0 N–H and O–H groups in total. The number of hydrogen-bond acceptors (Lipinski definition) is 4. The maximum atomic E-state index is 12.4. The minimum Gasteiger partial charge on any atom is -0.299 e. The molecule has 0 bridgehead atoms. The van der Waals surface area contributed by atoms with E-state index in [4.69, 9.17) is 9.97 Å². The lowest BCUT2D eigenvalue weighted by Crippen LogP contribution is -2.33. The highest BCUT2D eigenvalue weighted by Crippen LogP contribution is 2.28. The first-order valence-electron chi connectivity index (χ1n) is 12.9. The van der Waals surface area contributed by atoms with Gasteiger partial charge in [0.1, 0.15) is 11.6 Å². The average molecular weight is 476 g/mol. The van der Waals surface area contributed by atoms with Gasteiger partial charge in [-0.3, -0.25) is 9.69 Å². The van der Waals surface area contributed by atoms with E-state index >= 15 is 0 Å². The van der Waals surface area contributed by atoms with Crippen molar-refractivity contribution in [1.29, 1.82) is 0 Å². The van der Waals surface area contributed by atoms with Gasteiger partial charge in [0.2, 0.25) is 0 Å². The number of Topliss-reactive ketones (excluding diaryl/α,β-unsaturated/α-hetero) is 1. The molecule has 5 rings (SSSR count). The van der Waals surface area contributed by atoms with Gasteiger partial charge in [0.05, 0.1) is 11.4 Å². The van der Waals surface area contributed by atoms with Gasteiger partial charge in [-0.2, -0.15) is 0 Å². The van der Waals surface area contributed by atoms with E-state index in [1.165, 1.54) is 22.4 Å². The Morgan fingerprint density at radius 1 is 0.806 bits per heavy atom. The highest BCUT2D eigenvalue weighted by Gasteiger charge is 2.22. The van der Waals surface area contributed by atoms with Crippen molar-refractivity contribution in [1.82, 2.24) is 14.9 Å². The number of hydrogen-bond donors (Lipinski definition) is 0. The minimum absolute atomic E-state index is 0.297. The second-order valence-corrected chi connectivity index (χ2v) is 9.70. The smallest absolute Gasteiger partial charge is 0.137 e. The molecule has 0 saturated heterocycles. The number of aromatic nitrogens is 2. The van der Waals surface area contributed by atoms with E-state index < -0.39 is 0 Å². The maximum Gasteiger partial charge on any atom is 0.137 e. The third-order valence-corrected chi connectivity index (χ3v) is 6.97. The second-order valence-electron chi connectivity index (χ2n) is 9.70. The van der Waals surface area contributed by atoms with Crippen molar-refractivity contribution in [3.05, 3.63) is 119 Å². The van der Waals surface area contributed by atoms with Crippen LogP contribution in [0.4, 0.5) is 0 Å². The van der Waals surface area contributed by atoms with Crippen LogP contribution < -0.4 is 0 Å². The molecule has 2 heterocycles. The second kappa shape index (κ2) is 11.4. The van der Waals surface area contributed by atoms with E-state index in [2.05, 4.69) is 65.6 Å². The molecule has 0 aliphatic carbocycles. The Morgan fingerprint density at radius 3 is 2.22 bits per heavy atom. The van der Waals surface area contributed by atoms with E-state index in [0.29, 0.717) is 18.6 Å². The van der Waals surface area contributed by atoms with Gasteiger partial charge in [-0.15, -0.1) is 0 Å². The number of benzene rings is 3. The summed E-state index contributed by atoms with van der Waals surface area (Å²) in [5.41, 5.74) is 8.33. The fourth-order valence-electron chi connectivity index (χ4n) is 4.97. The van der Waals surface area contributed by atoms with Crippen LogP contribution in [0.1, 0.15) is 40.2 Å². The van der Waals surface area contributed by atoms with E-state index in [1.54, 1.807) is 0 Å². The van der Waals surface area contributed by atoms with Crippen LogP contribution in [0.25, 0.3) is 11.3 Å². The van der Waals surface area contributed by atoms with Crippen molar-refractivity contribution in [2.45, 2.75) is 45.6 Å². The number of carbonyl (C=O) groups is 1. The summed E-state index contributed by atoms with van der Waals surface area (Å²) in [7, 11) is 0. The molecule has 182 valence electrons. The van der Waals surface area contributed by atoms with Crippen molar-refractivity contribution in [2.24, 2.45) is 0 Å². The number of rotatable bonds is 9. The lowest BCUT2D eigenvalue weighted by Gasteiger charge is -2.29. The topological polar surface area (TPSA) is 46.1 Å². The van der Waals surface area contributed by atoms with Gasteiger partial charge >= 0.3 is 0 Å². The summed E-state index contributed by atoms with van der Waals surface area (Å²) in [4.78, 5) is 24.5. The normalized spacial score (nSPS) is 13.4. The van der Waals surface area contributed by atoms with E-state index in [1.807, 2.05) is 31.2 Å². The van der Waals surface area contributed by atoms with Gasteiger partial charge in [0.15, 0.2) is 0 Å². The molecule has 0 saturated carbocycles. The predicted molar refractivity (Wildman–Crippen MR) is 145 cm³/mol. The summed E-state index contributed by atoms with van der Waals surface area (Å²) >= 11 is 0. The first-order valence-corrected chi connectivity index (χ1v) is 12.9. The van der Waals surface area contributed by atoms with Gasteiger partial charge in [-0.05, 0) is 36.5 Å². The molecule has 1 aromatic heterocycles. The molecule has 0 fully saturated rings. The molecule has 36 heavy (non-hydrogen) atoms. The zero-order valence-corrected chi connectivity index (χ0v) is 21.0. The van der Waals surface area contributed by atoms with Crippen LogP contribution in [0.2, 0.25) is 0 Å². The zero-order chi connectivity index (χ0) is 24.7. The molecule has 0 unspecified atom stereocenters. The number of aryl methyl sites for hydroxylation is 2. The number of carbonyl (C=O) groups excluding carboxylic acids is 1. The summed E-state index contributed by atoms with van der Waals surface area (Å²) in [6, 6.07) is 29.3. The van der Waals surface area contributed by atoms with Crippen molar-refractivity contribution < 1.29 is 4.79 Å². The quantitative estimate of drug-likeness (QED) is 0.307. The monoisotopic (exact) mass is 475 g/mol. The molecule has 0 amide bonds. The molecule has 4 nitrogen and oxygen atoms in total. The van der Waals surface area contributed by atoms with Crippen LogP contribution >= 0.6 is 0 Å². The Hall–Kier alpha value is -3.63. The van der Waals surface area contributed by atoms with E-state index in [9.17, 15) is 4.79 Å². The van der Waals surface area contributed by atoms with Gasteiger partial charge in [-0.1, -0.05) is 84.9 Å². The predicted octanol–water partition coefficient (Wildman–Crippen LogP) is 5.80. The Kier molecular flexibility index (Phi) is 7.63. The van der Waals surface area contributed by atoms with Crippen molar-refractivity contribution in [3.63, 3.8) is 0 Å². The molecular formula is C32H33N3O. The number of ketones is 1. The first-order chi connectivity index (χ1) is 17.6. The highest BCUT2D eigenvalue weighted by molar-refractivity contribution is 5.81. The lowest BCUT2D eigenvalue weighted by molar-refractivity contribution is -0.118. The van der Waals surface area contributed by atoms with Gasteiger partial charge in [-0.25, -0.2) is 9.97 Å². The molecule has 1 aliphatic rings. The van der Waals surface area contributed by atoms with Crippen LogP contribution in [0.15, 0.2) is 84.9 Å². The lowest BCUT2D eigenvalue weighted by atomic mass is 9.98. The first kappa shape index (κ1) is 24.1. The van der Waals surface area contributed by atoms with Gasteiger partial charge in [0, 0.05) is 50.0 Å².